The molecule has 0 radical (unpaired) electrons. The number of hydrogen-bond donors (Lipinski definition) is 2. The largest absolute Gasteiger partial charge is 0.392 e. The number of fused-ring (bicyclic) bond motifs is 1. The van der Waals surface area contributed by atoms with Crippen LogP contribution in [0.2, 0.25) is 0 Å². The molecule has 0 fully saturated rings. The molecule has 1 atom stereocenters. The van der Waals surface area contributed by atoms with Crippen LogP contribution in [0.5, 0.6) is 0 Å². The third kappa shape index (κ3) is 2.56. The second kappa shape index (κ2) is 5.89. The Kier molecular flexibility index (Phi) is 4.20. The summed E-state index contributed by atoms with van der Waals surface area (Å²) in [5.41, 5.74) is 2.09. The zero-order chi connectivity index (χ0) is 16.8. The summed E-state index contributed by atoms with van der Waals surface area (Å²) in [6.07, 6.45) is -1.02. The highest BCUT2D eigenvalue weighted by molar-refractivity contribution is 14.1. The molecule has 120 valence electrons. The van der Waals surface area contributed by atoms with Crippen LogP contribution in [0.25, 0.3) is 0 Å². The minimum atomic E-state index is -1.02. The van der Waals surface area contributed by atoms with E-state index in [0.29, 0.717) is 16.7 Å². The lowest BCUT2D eigenvalue weighted by Crippen LogP contribution is -2.44. The van der Waals surface area contributed by atoms with E-state index in [9.17, 15) is 15.0 Å². The van der Waals surface area contributed by atoms with Crippen LogP contribution in [0.1, 0.15) is 47.1 Å². The lowest BCUT2D eigenvalue weighted by Gasteiger charge is -2.38. The van der Waals surface area contributed by atoms with Gasteiger partial charge in [-0.25, -0.2) is 0 Å². The summed E-state index contributed by atoms with van der Waals surface area (Å²) in [4.78, 5) is 14.5. The lowest BCUT2D eigenvalue weighted by molar-refractivity contribution is -0.0305. The van der Waals surface area contributed by atoms with Crippen molar-refractivity contribution >= 4 is 28.5 Å². The Hall–Kier alpha value is -1.44. The molecule has 1 aliphatic rings. The number of amides is 1. The molecule has 0 spiro atoms. The second-order valence-electron chi connectivity index (χ2n) is 6.17. The fraction of sp³-hybridized carbons (Fsp3) is 0.278. The molecule has 0 bridgehead atoms. The van der Waals surface area contributed by atoms with Crippen molar-refractivity contribution in [2.75, 3.05) is 0 Å². The molecule has 1 amide bonds. The maximum absolute atomic E-state index is 12.9. The average molecular weight is 423 g/mol. The van der Waals surface area contributed by atoms with Gasteiger partial charge in [0.25, 0.3) is 5.91 Å². The molecule has 5 heteroatoms. The minimum Gasteiger partial charge on any atom is -0.392 e. The van der Waals surface area contributed by atoms with Crippen LogP contribution in [-0.2, 0) is 12.1 Å². The normalized spacial score (nSPS) is 17.5. The van der Waals surface area contributed by atoms with Gasteiger partial charge < -0.3 is 10.2 Å². The first-order chi connectivity index (χ1) is 10.9. The lowest BCUT2D eigenvalue weighted by atomic mass is 9.92. The van der Waals surface area contributed by atoms with E-state index in [1.807, 2.05) is 44.2 Å². The van der Waals surface area contributed by atoms with Crippen LogP contribution in [0.4, 0.5) is 0 Å². The van der Waals surface area contributed by atoms with Gasteiger partial charge >= 0.3 is 0 Å². The number of aliphatic hydroxyl groups is 2. The molecule has 23 heavy (non-hydrogen) atoms. The smallest absolute Gasteiger partial charge is 0.258 e. The van der Waals surface area contributed by atoms with Gasteiger partial charge in [0.2, 0.25) is 0 Å². The predicted octanol–water partition coefficient (Wildman–Crippen LogP) is 3.17. The molecular weight excluding hydrogens is 405 g/mol. The topological polar surface area (TPSA) is 60.8 Å². The van der Waals surface area contributed by atoms with Crippen LogP contribution >= 0.6 is 22.6 Å². The number of benzene rings is 2. The number of halogens is 1. The highest BCUT2D eigenvalue weighted by atomic mass is 127. The molecular formula is C18H18INO3. The molecule has 2 aromatic carbocycles. The van der Waals surface area contributed by atoms with Gasteiger partial charge in [-0.05, 0) is 59.7 Å². The van der Waals surface area contributed by atoms with Crippen molar-refractivity contribution in [2.24, 2.45) is 0 Å². The Labute approximate surface area is 148 Å². The second-order valence-corrected chi connectivity index (χ2v) is 7.34. The van der Waals surface area contributed by atoms with Crippen LogP contribution < -0.4 is 0 Å². The molecule has 1 heterocycles. The quantitative estimate of drug-likeness (QED) is 0.746. The van der Waals surface area contributed by atoms with Gasteiger partial charge in [0.15, 0.2) is 6.23 Å². The zero-order valence-electron chi connectivity index (χ0n) is 13.0. The highest BCUT2D eigenvalue weighted by Crippen LogP contribution is 2.43. The number of carbonyl (C=O) groups excluding carboxylic acids is 1. The fourth-order valence-electron chi connectivity index (χ4n) is 3.12. The van der Waals surface area contributed by atoms with Crippen LogP contribution in [0, 0.1) is 3.57 Å². The average Bonchev–Trinajstić information content (AvgIpc) is 2.80. The summed E-state index contributed by atoms with van der Waals surface area (Å²) < 4.78 is 0.750. The molecule has 0 aliphatic carbocycles. The van der Waals surface area contributed by atoms with Crippen molar-refractivity contribution in [1.82, 2.24) is 4.90 Å². The van der Waals surface area contributed by atoms with Crippen molar-refractivity contribution in [3.8, 4) is 0 Å². The molecule has 4 nitrogen and oxygen atoms in total. The zero-order valence-corrected chi connectivity index (χ0v) is 15.1. The number of carbonyl (C=O) groups is 1. The number of rotatable bonds is 3. The van der Waals surface area contributed by atoms with Gasteiger partial charge in [0.05, 0.1) is 17.7 Å². The summed E-state index contributed by atoms with van der Waals surface area (Å²) in [6.45, 7) is 3.73. The summed E-state index contributed by atoms with van der Waals surface area (Å²) in [6, 6.07) is 13.2. The number of nitrogens with zero attached hydrogens (tertiary/aromatic N) is 1. The fourth-order valence-corrected chi connectivity index (χ4v) is 4.06. The Morgan fingerprint density at radius 2 is 1.87 bits per heavy atom. The SMILES string of the molecule is CC(C)(c1ccccc1)N1C(=O)c2c(I)cc(CO)cc2C1O. The predicted molar refractivity (Wildman–Crippen MR) is 95.7 cm³/mol. The maximum atomic E-state index is 12.9. The van der Waals surface area contributed by atoms with E-state index >= 15 is 0 Å². The molecule has 0 saturated carbocycles. The molecule has 1 aliphatic heterocycles. The van der Waals surface area contributed by atoms with Crippen molar-refractivity contribution in [3.63, 3.8) is 0 Å². The maximum Gasteiger partial charge on any atom is 0.258 e. The Morgan fingerprint density at radius 1 is 1.22 bits per heavy atom. The van der Waals surface area contributed by atoms with Crippen molar-refractivity contribution in [1.29, 1.82) is 0 Å². The molecule has 2 aromatic rings. The van der Waals surface area contributed by atoms with Crippen LogP contribution in [0.15, 0.2) is 42.5 Å². The van der Waals surface area contributed by atoms with Gasteiger partial charge in [-0.1, -0.05) is 30.3 Å². The number of hydrogen-bond acceptors (Lipinski definition) is 3. The van der Waals surface area contributed by atoms with E-state index in [1.54, 1.807) is 12.1 Å². The van der Waals surface area contributed by atoms with E-state index in [0.717, 1.165) is 9.13 Å². The van der Waals surface area contributed by atoms with Gasteiger partial charge in [-0.2, -0.15) is 0 Å². The van der Waals surface area contributed by atoms with Crippen LogP contribution in [0.3, 0.4) is 0 Å². The van der Waals surface area contributed by atoms with E-state index in [-0.39, 0.29) is 12.5 Å². The van der Waals surface area contributed by atoms with Gasteiger partial charge in [0.1, 0.15) is 0 Å². The summed E-state index contributed by atoms with van der Waals surface area (Å²) in [5.74, 6) is -0.185. The summed E-state index contributed by atoms with van der Waals surface area (Å²) in [5, 5.41) is 20.1. The summed E-state index contributed by atoms with van der Waals surface area (Å²) >= 11 is 2.08. The van der Waals surface area contributed by atoms with Crippen molar-refractivity contribution in [3.05, 3.63) is 68.3 Å². The first kappa shape index (κ1) is 16.4. The van der Waals surface area contributed by atoms with Gasteiger partial charge in [-0.15, -0.1) is 0 Å². The molecule has 0 aromatic heterocycles. The first-order valence-electron chi connectivity index (χ1n) is 7.38. The van der Waals surface area contributed by atoms with Gasteiger partial charge in [-0.3, -0.25) is 9.69 Å². The van der Waals surface area contributed by atoms with Crippen molar-refractivity contribution < 1.29 is 15.0 Å². The Morgan fingerprint density at radius 3 is 2.48 bits per heavy atom. The molecule has 1 unspecified atom stereocenters. The summed E-state index contributed by atoms with van der Waals surface area (Å²) in [7, 11) is 0. The third-order valence-corrected chi connectivity index (χ3v) is 5.25. The Bertz CT molecular complexity index is 758. The molecule has 0 saturated heterocycles. The molecule has 2 N–H and O–H groups in total. The monoisotopic (exact) mass is 423 g/mol. The number of aliphatic hydroxyl groups excluding tert-OH is 2. The molecule has 3 rings (SSSR count). The first-order valence-corrected chi connectivity index (χ1v) is 8.46. The van der Waals surface area contributed by atoms with E-state index in [1.165, 1.54) is 4.90 Å². The van der Waals surface area contributed by atoms with Crippen molar-refractivity contribution in [2.45, 2.75) is 32.2 Å². The standard InChI is InChI=1S/C18H18INO3/c1-18(2,12-6-4-3-5-7-12)20-16(22)13-8-11(10-21)9-14(19)15(13)17(20)23/h3-9,16,21-22H,10H2,1-2H3. The Balaban J connectivity index is 2.10. The van der Waals surface area contributed by atoms with Gasteiger partial charge in [0, 0.05) is 9.13 Å². The van der Waals surface area contributed by atoms with E-state index in [2.05, 4.69) is 22.6 Å². The minimum absolute atomic E-state index is 0.119. The third-order valence-electron chi connectivity index (χ3n) is 4.40. The van der Waals surface area contributed by atoms with E-state index < -0.39 is 11.8 Å². The van der Waals surface area contributed by atoms with E-state index in [4.69, 9.17) is 0 Å². The highest BCUT2D eigenvalue weighted by Gasteiger charge is 2.45. The van der Waals surface area contributed by atoms with Crippen LogP contribution in [-0.4, -0.2) is 21.0 Å².